The van der Waals surface area contributed by atoms with Crippen molar-refractivity contribution in [3.63, 3.8) is 0 Å². The van der Waals surface area contributed by atoms with E-state index in [-0.39, 0.29) is 17.6 Å². The number of hydrogen-bond donors (Lipinski definition) is 4. The number of aromatic nitrogens is 1. The number of anilines is 1. The quantitative estimate of drug-likeness (QED) is 0.481. The standard InChI is InChI=1S/C19H17BrN6OS/c20-11-5-7-12(8-6-11)23-16(27)10-28-19-25-17(24-18(21)26-19)14-9-22-15-4-2-1-3-13(14)15/h1-9,17,22H,10H2,(H,23,27)(H3,21,24,25,26)/t17-/m0/s1. The lowest BCUT2D eigenvalue weighted by Gasteiger charge is -2.18. The number of halogens is 1. The highest BCUT2D eigenvalue weighted by Crippen LogP contribution is 2.29. The number of guanidine groups is 1. The maximum absolute atomic E-state index is 12.2. The molecule has 4 rings (SSSR count). The van der Waals surface area contributed by atoms with Crippen LogP contribution in [0.25, 0.3) is 10.9 Å². The molecule has 1 aromatic heterocycles. The summed E-state index contributed by atoms with van der Waals surface area (Å²) < 4.78 is 0.957. The minimum atomic E-state index is -0.450. The summed E-state index contributed by atoms with van der Waals surface area (Å²) in [7, 11) is 0. The summed E-state index contributed by atoms with van der Waals surface area (Å²) >= 11 is 4.66. The van der Waals surface area contributed by atoms with Gasteiger partial charge in [0.25, 0.3) is 0 Å². The zero-order chi connectivity index (χ0) is 19.5. The van der Waals surface area contributed by atoms with Crippen LogP contribution in [-0.2, 0) is 4.79 Å². The number of benzene rings is 2. The summed E-state index contributed by atoms with van der Waals surface area (Å²) in [5.74, 6) is 0.359. The van der Waals surface area contributed by atoms with Crippen LogP contribution >= 0.6 is 27.7 Å². The molecule has 0 radical (unpaired) electrons. The molecule has 0 fully saturated rings. The molecule has 0 bridgehead atoms. The summed E-state index contributed by atoms with van der Waals surface area (Å²) in [5, 5.41) is 7.39. The van der Waals surface area contributed by atoms with Gasteiger partial charge in [-0.1, -0.05) is 45.9 Å². The molecule has 1 atom stereocenters. The van der Waals surface area contributed by atoms with Crippen LogP contribution in [0.15, 0.2) is 69.2 Å². The van der Waals surface area contributed by atoms with Crippen LogP contribution in [0.5, 0.6) is 0 Å². The lowest BCUT2D eigenvalue weighted by Crippen LogP contribution is -2.39. The average molecular weight is 457 g/mol. The molecule has 0 aliphatic carbocycles. The number of rotatable bonds is 4. The van der Waals surface area contributed by atoms with E-state index in [0.29, 0.717) is 5.17 Å². The fraction of sp³-hybridized carbons (Fsp3) is 0.105. The van der Waals surface area contributed by atoms with Crippen molar-refractivity contribution < 1.29 is 4.79 Å². The minimum absolute atomic E-state index is 0.124. The molecule has 3 aromatic rings. The fourth-order valence-corrected chi connectivity index (χ4v) is 3.79. The van der Waals surface area contributed by atoms with E-state index < -0.39 is 6.17 Å². The molecule has 7 nitrogen and oxygen atoms in total. The Balaban J connectivity index is 1.44. The number of fused-ring (bicyclic) bond motifs is 1. The molecule has 1 amide bonds. The van der Waals surface area contributed by atoms with Crippen molar-refractivity contribution in [1.29, 1.82) is 0 Å². The lowest BCUT2D eigenvalue weighted by molar-refractivity contribution is -0.113. The fourth-order valence-electron chi connectivity index (χ4n) is 2.83. The number of hydrogen-bond acceptors (Lipinski definition) is 6. The number of para-hydroxylation sites is 1. The zero-order valence-electron chi connectivity index (χ0n) is 14.6. The highest BCUT2D eigenvalue weighted by atomic mass is 79.9. The Hall–Kier alpha value is -2.78. The average Bonchev–Trinajstić information content (AvgIpc) is 3.12. The number of nitrogens with two attached hydrogens (primary N) is 1. The van der Waals surface area contributed by atoms with Gasteiger partial charge < -0.3 is 21.4 Å². The van der Waals surface area contributed by atoms with E-state index in [9.17, 15) is 4.79 Å². The number of nitrogens with zero attached hydrogens (tertiary/aromatic N) is 2. The third-order valence-electron chi connectivity index (χ3n) is 4.10. The predicted molar refractivity (Wildman–Crippen MR) is 118 cm³/mol. The number of carbonyl (C=O) groups is 1. The van der Waals surface area contributed by atoms with Crippen LogP contribution in [0.4, 0.5) is 5.69 Å². The van der Waals surface area contributed by atoms with Crippen molar-refractivity contribution in [3.05, 3.63) is 64.8 Å². The van der Waals surface area contributed by atoms with Gasteiger partial charge in [0.1, 0.15) is 0 Å². The second-order valence-corrected chi connectivity index (χ2v) is 7.96. The summed E-state index contributed by atoms with van der Waals surface area (Å²) in [5.41, 5.74) is 8.64. The Morgan fingerprint density at radius 3 is 2.79 bits per heavy atom. The van der Waals surface area contributed by atoms with Gasteiger partial charge in [0.2, 0.25) is 5.91 Å². The van der Waals surface area contributed by atoms with Gasteiger partial charge in [-0.25, -0.2) is 9.98 Å². The van der Waals surface area contributed by atoms with Crippen molar-refractivity contribution in [2.45, 2.75) is 6.17 Å². The topological polar surface area (TPSA) is 108 Å². The van der Waals surface area contributed by atoms with Crippen molar-refractivity contribution in [2.24, 2.45) is 15.7 Å². The van der Waals surface area contributed by atoms with Crippen LogP contribution in [0.1, 0.15) is 11.7 Å². The van der Waals surface area contributed by atoms with E-state index in [1.54, 1.807) is 0 Å². The van der Waals surface area contributed by atoms with Gasteiger partial charge in [0, 0.05) is 32.8 Å². The van der Waals surface area contributed by atoms with Crippen LogP contribution < -0.4 is 16.4 Å². The largest absolute Gasteiger partial charge is 0.370 e. The monoisotopic (exact) mass is 456 g/mol. The maximum atomic E-state index is 12.2. The molecule has 1 aliphatic rings. The summed E-state index contributed by atoms with van der Waals surface area (Å²) in [6.07, 6.45) is 1.44. The van der Waals surface area contributed by atoms with Crippen LogP contribution in [0, 0.1) is 0 Å². The Labute approximate surface area is 174 Å². The molecule has 0 spiro atoms. The summed E-state index contributed by atoms with van der Waals surface area (Å²) in [6, 6.07) is 15.4. The first-order valence-electron chi connectivity index (χ1n) is 8.51. The van der Waals surface area contributed by atoms with E-state index >= 15 is 0 Å². The second kappa shape index (κ2) is 8.07. The van der Waals surface area contributed by atoms with Crippen molar-refractivity contribution >= 4 is 61.3 Å². The molecule has 28 heavy (non-hydrogen) atoms. The van der Waals surface area contributed by atoms with Crippen LogP contribution in [0.3, 0.4) is 0 Å². The number of amides is 1. The lowest BCUT2D eigenvalue weighted by atomic mass is 10.1. The maximum Gasteiger partial charge on any atom is 0.234 e. The molecule has 2 heterocycles. The number of H-pyrrole nitrogens is 1. The molecule has 2 aromatic carbocycles. The van der Waals surface area contributed by atoms with E-state index in [1.165, 1.54) is 11.8 Å². The Bertz CT molecular complexity index is 1080. The first-order chi connectivity index (χ1) is 13.6. The third kappa shape index (κ3) is 4.20. The first kappa shape index (κ1) is 18.6. The van der Waals surface area contributed by atoms with E-state index in [4.69, 9.17) is 5.73 Å². The molecule has 5 N–H and O–H groups in total. The van der Waals surface area contributed by atoms with Gasteiger partial charge in [-0.3, -0.25) is 4.79 Å². The second-order valence-electron chi connectivity index (χ2n) is 6.08. The third-order valence-corrected chi connectivity index (χ3v) is 5.52. The number of carbonyl (C=O) groups excluding carboxylic acids is 1. The normalized spacial score (nSPS) is 16.2. The van der Waals surface area contributed by atoms with Crippen molar-refractivity contribution in [1.82, 2.24) is 10.3 Å². The molecule has 0 unspecified atom stereocenters. The van der Waals surface area contributed by atoms with Gasteiger partial charge in [-0.2, -0.15) is 0 Å². The Kier molecular flexibility index (Phi) is 5.36. The Morgan fingerprint density at radius 1 is 1.18 bits per heavy atom. The van der Waals surface area contributed by atoms with Crippen LogP contribution in [-0.4, -0.2) is 27.8 Å². The van der Waals surface area contributed by atoms with Crippen molar-refractivity contribution in [2.75, 3.05) is 11.1 Å². The number of nitrogens with one attached hydrogen (secondary N) is 3. The van der Waals surface area contributed by atoms with Gasteiger partial charge in [-0.15, -0.1) is 0 Å². The first-order valence-corrected chi connectivity index (χ1v) is 10.3. The predicted octanol–water partition coefficient (Wildman–Crippen LogP) is 3.57. The van der Waals surface area contributed by atoms with Gasteiger partial charge >= 0.3 is 0 Å². The van der Waals surface area contributed by atoms with E-state index in [1.807, 2.05) is 54.7 Å². The number of aliphatic imine (C=N–C) groups is 2. The number of aromatic amines is 1. The van der Waals surface area contributed by atoms with Gasteiger partial charge in [-0.05, 0) is 30.3 Å². The molecule has 142 valence electrons. The highest BCUT2D eigenvalue weighted by Gasteiger charge is 2.20. The van der Waals surface area contributed by atoms with E-state index in [0.717, 1.165) is 26.6 Å². The molecular weight excluding hydrogens is 440 g/mol. The van der Waals surface area contributed by atoms with E-state index in [2.05, 4.69) is 41.5 Å². The van der Waals surface area contributed by atoms with Crippen molar-refractivity contribution in [3.8, 4) is 0 Å². The smallest absolute Gasteiger partial charge is 0.234 e. The Morgan fingerprint density at radius 2 is 1.96 bits per heavy atom. The number of thioether (sulfide) groups is 1. The highest BCUT2D eigenvalue weighted by molar-refractivity contribution is 9.10. The zero-order valence-corrected chi connectivity index (χ0v) is 17.0. The van der Waals surface area contributed by atoms with Gasteiger partial charge in [0.15, 0.2) is 17.3 Å². The summed E-state index contributed by atoms with van der Waals surface area (Å²) in [6.45, 7) is 0. The molecule has 0 saturated heterocycles. The van der Waals surface area contributed by atoms with Gasteiger partial charge in [0.05, 0.1) is 5.75 Å². The molecule has 9 heteroatoms. The minimum Gasteiger partial charge on any atom is -0.370 e. The molecule has 0 saturated carbocycles. The summed E-state index contributed by atoms with van der Waals surface area (Å²) in [4.78, 5) is 24.4. The molecular formula is C19H17BrN6OS. The molecule has 1 aliphatic heterocycles. The SMILES string of the molecule is NC1=N[C@H](c2c[nH]c3ccccc23)N=C(SCC(=O)Nc2ccc(Br)cc2)N1. The van der Waals surface area contributed by atoms with Crippen LogP contribution in [0.2, 0.25) is 0 Å². The number of amidine groups is 1.